The van der Waals surface area contributed by atoms with Crippen molar-refractivity contribution < 1.29 is 0 Å². The normalized spacial score (nSPS) is 13.8. The van der Waals surface area contributed by atoms with Crippen LogP contribution in [0.3, 0.4) is 0 Å². The van der Waals surface area contributed by atoms with E-state index in [0.29, 0.717) is 0 Å². The van der Waals surface area contributed by atoms with Gasteiger partial charge in [-0.25, -0.2) is 0 Å². The first-order chi connectivity index (χ1) is 8.84. The number of nitrogens with one attached hydrogen (secondary N) is 1. The molecule has 2 aromatic carbocycles. The molecule has 0 bridgehead atoms. The van der Waals surface area contributed by atoms with Crippen LogP contribution in [0.4, 0.5) is 5.69 Å². The summed E-state index contributed by atoms with van der Waals surface area (Å²) in [6.07, 6.45) is 2.17. The molecule has 0 saturated carbocycles. The molecule has 2 nitrogen and oxygen atoms in total. The van der Waals surface area contributed by atoms with Crippen molar-refractivity contribution in [2.24, 2.45) is 5.10 Å². The number of hydrogen-bond donors (Lipinski definition) is 1. The van der Waals surface area contributed by atoms with Crippen molar-refractivity contribution in [3.63, 3.8) is 0 Å². The lowest BCUT2D eigenvalue weighted by molar-refractivity contribution is 1.33. The van der Waals surface area contributed by atoms with E-state index in [1.807, 2.05) is 36.4 Å². The van der Waals surface area contributed by atoms with Crippen molar-refractivity contribution in [1.82, 2.24) is 0 Å². The summed E-state index contributed by atoms with van der Waals surface area (Å²) in [5.41, 5.74) is 8.64. The Kier molecular flexibility index (Phi) is 2.69. The van der Waals surface area contributed by atoms with E-state index in [4.69, 9.17) is 0 Å². The Hall–Kier alpha value is -2.35. The van der Waals surface area contributed by atoms with E-state index in [1.165, 1.54) is 11.1 Å². The zero-order chi connectivity index (χ0) is 12.4. The minimum atomic E-state index is 0.992. The summed E-state index contributed by atoms with van der Waals surface area (Å²) in [6, 6.07) is 18.4. The summed E-state index contributed by atoms with van der Waals surface area (Å²) in [7, 11) is 0. The van der Waals surface area contributed by atoms with Gasteiger partial charge in [0.2, 0.25) is 0 Å². The minimum Gasteiger partial charge on any atom is -0.277 e. The number of para-hydroxylation sites is 1. The van der Waals surface area contributed by atoms with Crippen LogP contribution in [0.25, 0.3) is 6.08 Å². The number of hydrazone groups is 1. The van der Waals surface area contributed by atoms with E-state index in [2.05, 4.69) is 41.7 Å². The highest BCUT2D eigenvalue weighted by Gasteiger charge is 2.10. The largest absolute Gasteiger partial charge is 0.277 e. The number of anilines is 1. The zero-order valence-corrected chi connectivity index (χ0v) is 10.2. The molecule has 18 heavy (non-hydrogen) atoms. The Morgan fingerprint density at radius 1 is 0.889 bits per heavy atom. The molecule has 1 aliphatic rings. The van der Waals surface area contributed by atoms with E-state index in [0.717, 1.165) is 17.0 Å². The van der Waals surface area contributed by atoms with Crippen LogP contribution < -0.4 is 5.43 Å². The summed E-state index contributed by atoms with van der Waals surface area (Å²) in [6.45, 7) is 2.09. The Morgan fingerprint density at radius 2 is 1.61 bits per heavy atom. The van der Waals surface area contributed by atoms with E-state index in [1.54, 1.807) is 0 Å². The molecule has 0 radical (unpaired) electrons. The van der Waals surface area contributed by atoms with Crippen LogP contribution in [0, 0.1) is 0 Å². The van der Waals surface area contributed by atoms with Gasteiger partial charge in [0.25, 0.3) is 0 Å². The number of benzene rings is 2. The first-order valence-corrected chi connectivity index (χ1v) is 6.01. The maximum atomic E-state index is 4.51. The molecule has 0 atom stereocenters. The van der Waals surface area contributed by atoms with Gasteiger partial charge in [-0.15, -0.1) is 0 Å². The van der Waals surface area contributed by atoms with Gasteiger partial charge >= 0.3 is 0 Å². The molecule has 0 fully saturated rings. The third-order valence-electron chi connectivity index (χ3n) is 3.04. The van der Waals surface area contributed by atoms with Crippen molar-refractivity contribution in [2.75, 3.05) is 5.43 Å². The smallest absolute Gasteiger partial charge is 0.0935 e. The molecular weight excluding hydrogens is 220 g/mol. The van der Waals surface area contributed by atoms with Crippen LogP contribution in [-0.4, -0.2) is 5.71 Å². The van der Waals surface area contributed by atoms with Gasteiger partial charge in [-0.3, -0.25) is 5.43 Å². The van der Waals surface area contributed by atoms with Crippen molar-refractivity contribution in [3.05, 3.63) is 71.3 Å². The summed E-state index contributed by atoms with van der Waals surface area (Å²) in [4.78, 5) is 0. The maximum absolute atomic E-state index is 4.51. The van der Waals surface area contributed by atoms with E-state index >= 15 is 0 Å². The number of hydrogen-bond acceptors (Lipinski definition) is 2. The lowest BCUT2D eigenvalue weighted by Gasteiger charge is -2.05. The van der Waals surface area contributed by atoms with Crippen LogP contribution in [0.1, 0.15) is 18.1 Å². The first-order valence-electron chi connectivity index (χ1n) is 6.01. The highest BCUT2D eigenvalue weighted by atomic mass is 15.3. The first kappa shape index (κ1) is 10.8. The molecule has 2 aromatic rings. The molecule has 1 aliphatic heterocycles. The SMILES string of the molecule is CC1=Cc2ccccc2NN=C1c1ccccc1. The fourth-order valence-electron chi connectivity index (χ4n) is 2.12. The Morgan fingerprint density at radius 3 is 2.44 bits per heavy atom. The van der Waals surface area contributed by atoms with E-state index in [-0.39, 0.29) is 0 Å². The monoisotopic (exact) mass is 234 g/mol. The second-order valence-corrected chi connectivity index (χ2v) is 4.35. The van der Waals surface area contributed by atoms with E-state index < -0.39 is 0 Å². The molecule has 3 rings (SSSR count). The molecule has 0 spiro atoms. The van der Waals surface area contributed by atoms with Crippen LogP contribution in [0.2, 0.25) is 0 Å². The predicted molar refractivity (Wildman–Crippen MR) is 76.7 cm³/mol. The van der Waals surface area contributed by atoms with Crippen molar-refractivity contribution in [3.8, 4) is 0 Å². The molecule has 1 N–H and O–H groups in total. The molecule has 0 aromatic heterocycles. The standard InChI is InChI=1S/C16H14N2/c1-12-11-14-9-5-6-10-15(14)17-18-16(12)13-7-3-2-4-8-13/h2-11,17H,1H3. The van der Waals surface area contributed by atoms with Gasteiger partial charge in [0.05, 0.1) is 11.4 Å². The van der Waals surface area contributed by atoms with Gasteiger partial charge in [0, 0.05) is 5.56 Å². The fourth-order valence-corrected chi connectivity index (χ4v) is 2.12. The number of rotatable bonds is 1. The molecular formula is C16H14N2. The third kappa shape index (κ3) is 1.93. The quantitative estimate of drug-likeness (QED) is 0.794. The number of allylic oxidation sites excluding steroid dienone is 1. The molecule has 1 heterocycles. The predicted octanol–water partition coefficient (Wildman–Crippen LogP) is 3.92. The van der Waals surface area contributed by atoms with E-state index in [9.17, 15) is 0 Å². The lowest BCUT2D eigenvalue weighted by atomic mass is 10.0. The van der Waals surface area contributed by atoms with Gasteiger partial charge in [0.15, 0.2) is 0 Å². The van der Waals surface area contributed by atoms with Crippen molar-refractivity contribution >= 4 is 17.5 Å². The van der Waals surface area contributed by atoms with Gasteiger partial charge in [-0.2, -0.15) is 5.10 Å². The fraction of sp³-hybridized carbons (Fsp3) is 0.0625. The Labute approximate surface area is 107 Å². The maximum Gasteiger partial charge on any atom is 0.0935 e. The molecule has 0 saturated heterocycles. The van der Waals surface area contributed by atoms with Crippen LogP contribution in [-0.2, 0) is 0 Å². The number of nitrogens with zero attached hydrogens (tertiary/aromatic N) is 1. The minimum absolute atomic E-state index is 0.992. The van der Waals surface area contributed by atoms with Gasteiger partial charge in [0.1, 0.15) is 0 Å². The average molecular weight is 234 g/mol. The van der Waals surface area contributed by atoms with Gasteiger partial charge < -0.3 is 0 Å². The van der Waals surface area contributed by atoms with Crippen molar-refractivity contribution in [2.45, 2.75) is 6.92 Å². The van der Waals surface area contributed by atoms with Gasteiger partial charge in [-0.05, 0) is 30.2 Å². The molecule has 88 valence electrons. The van der Waals surface area contributed by atoms with Gasteiger partial charge in [-0.1, -0.05) is 48.5 Å². The average Bonchev–Trinajstić information content (AvgIpc) is 2.58. The zero-order valence-electron chi connectivity index (χ0n) is 10.2. The third-order valence-corrected chi connectivity index (χ3v) is 3.04. The Balaban J connectivity index is 2.08. The molecule has 0 unspecified atom stereocenters. The second-order valence-electron chi connectivity index (χ2n) is 4.35. The lowest BCUT2D eigenvalue weighted by Crippen LogP contribution is -2.04. The molecule has 0 amide bonds. The highest BCUT2D eigenvalue weighted by molar-refractivity contribution is 6.15. The highest BCUT2D eigenvalue weighted by Crippen LogP contribution is 2.23. The topological polar surface area (TPSA) is 24.4 Å². The second kappa shape index (κ2) is 4.49. The summed E-state index contributed by atoms with van der Waals surface area (Å²) in [5.74, 6) is 0. The molecule has 2 heteroatoms. The van der Waals surface area contributed by atoms with Crippen LogP contribution in [0.5, 0.6) is 0 Å². The summed E-state index contributed by atoms with van der Waals surface area (Å²) in [5, 5.41) is 4.51. The van der Waals surface area contributed by atoms with Crippen LogP contribution >= 0.6 is 0 Å². The Bertz CT molecular complexity index is 625. The number of fused-ring (bicyclic) bond motifs is 1. The van der Waals surface area contributed by atoms with Crippen LogP contribution in [0.15, 0.2) is 65.3 Å². The van der Waals surface area contributed by atoms with Crippen molar-refractivity contribution in [1.29, 1.82) is 0 Å². The summed E-state index contributed by atoms with van der Waals surface area (Å²) >= 11 is 0. The summed E-state index contributed by atoms with van der Waals surface area (Å²) < 4.78 is 0. The molecule has 0 aliphatic carbocycles.